The van der Waals surface area contributed by atoms with Crippen LogP contribution in [0.5, 0.6) is 5.75 Å². The highest BCUT2D eigenvalue weighted by Crippen LogP contribution is 2.16. The first kappa shape index (κ1) is 15.7. The normalized spacial score (nSPS) is 17.6. The van der Waals surface area contributed by atoms with Gasteiger partial charge in [0.25, 0.3) is 5.91 Å². The van der Waals surface area contributed by atoms with E-state index < -0.39 is 17.6 Å². The van der Waals surface area contributed by atoms with Crippen molar-refractivity contribution >= 4 is 23.7 Å². The predicted octanol–water partition coefficient (Wildman–Crippen LogP) is 1.98. The van der Waals surface area contributed by atoms with Crippen LogP contribution >= 0.6 is 0 Å². The summed E-state index contributed by atoms with van der Waals surface area (Å²) >= 11 is 0. The number of hydrogen-bond acceptors (Lipinski definition) is 4. The molecule has 114 valence electrons. The number of benzene rings is 1. The average molecular weight is 299 g/mol. The second-order valence-corrected chi connectivity index (χ2v) is 4.76. The number of carbonyl (C=O) groups excluding carboxylic acids is 3. The molecule has 0 radical (unpaired) electrons. The van der Waals surface area contributed by atoms with Crippen LogP contribution < -0.4 is 4.74 Å². The third kappa shape index (κ3) is 3.31. The van der Waals surface area contributed by atoms with E-state index in [1.54, 1.807) is 26.2 Å². The number of carbonyl (C=O) groups is 3. The van der Waals surface area contributed by atoms with E-state index >= 15 is 0 Å². The summed E-state index contributed by atoms with van der Waals surface area (Å²) in [5, 5.41) is 0. The van der Waals surface area contributed by atoms with Gasteiger partial charge in [-0.25, -0.2) is 0 Å². The summed E-state index contributed by atoms with van der Waals surface area (Å²) in [6, 6.07) is 7.36. The van der Waals surface area contributed by atoms with E-state index in [-0.39, 0.29) is 18.5 Å². The van der Waals surface area contributed by atoms with Crippen molar-refractivity contribution in [1.29, 1.82) is 0 Å². The van der Waals surface area contributed by atoms with Gasteiger partial charge in [0.15, 0.2) is 5.78 Å². The maximum absolute atomic E-state index is 12.1. The Bertz CT molecular complexity index is 656. The molecule has 0 aliphatic carbocycles. The summed E-state index contributed by atoms with van der Waals surface area (Å²) in [5.41, 5.74) is 0.961. The molecule has 1 saturated heterocycles. The molecule has 2 amide bonds. The molecule has 0 spiro atoms. The van der Waals surface area contributed by atoms with Crippen molar-refractivity contribution in [2.75, 3.05) is 13.7 Å². The highest BCUT2D eigenvalue weighted by Gasteiger charge is 2.34. The summed E-state index contributed by atoms with van der Waals surface area (Å²) in [4.78, 5) is 36.6. The molecule has 1 aliphatic heterocycles. The number of nitrogens with zero attached hydrogens (tertiary/aromatic N) is 1. The monoisotopic (exact) mass is 299 g/mol. The SMILES string of the molecule is CCN1C(=O)CC(=O)/C(=C\C=C\c2ccc(OC)cc2)C1=O. The fourth-order valence-electron chi connectivity index (χ4n) is 2.16. The largest absolute Gasteiger partial charge is 0.497 e. The highest BCUT2D eigenvalue weighted by molar-refractivity contribution is 6.30. The zero-order valence-corrected chi connectivity index (χ0v) is 12.5. The van der Waals surface area contributed by atoms with Gasteiger partial charge in [-0.1, -0.05) is 24.3 Å². The maximum atomic E-state index is 12.1. The fourth-order valence-corrected chi connectivity index (χ4v) is 2.16. The lowest BCUT2D eigenvalue weighted by molar-refractivity contribution is -0.147. The molecule has 1 aromatic carbocycles. The number of Topliss-reactive ketones (excluding diaryl/α,β-unsaturated/α-hetero) is 1. The number of allylic oxidation sites excluding steroid dienone is 2. The Kier molecular flexibility index (Phi) is 4.88. The van der Waals surface area contributed by atoms with E-state index in [9.17, 15) is 14.4 Å². The number of amides is 2. The summed E-state index contributed by atoms with van der Waals surface area (Å²) in [7, 11) is 1.59. The van der Waals surface area contributed by atoms with E-state index in [0.29, 0.717) is 0 Å². The number of likely N-dealkylation sites (tertiary alicyclic amines) is 1. The van der Waals surface area contributed by atoms with Crippen LogP contribution in [0.1, 0.15) is 18.9 Å². The minimum Gasteiger partial charge on any atom is -0.497 e. The van der Waals surface area contributed by atoms with E-state index in [2.05, 4.69) is 0 Å². The number of rotatable bonds is 4. The van der Waals surface area contributed by atoms with Crippen molar-refractivity contribution in [2.45, 2.75) is 13.3 Å². The number of imide groups is 1. The first-order valence-corrected chi connectivity index (χ1v) is 6.97. The van der Waals surface area contributed by atoms with E-state index in [4.69, 9.17) is 4.74 Å². The highest BCUT2D eigenvalue weighted by atomic mass is 16.5. The van der Waals surface area contributed by atoms with Crippen LogP contribution in [0.2, 0.25) is 0 Å². The smallest absolute Gasteiger partial charge is 0.264 e. The Balaban J connectivity index is 2.16. The number of piperidine rings is 1. The number of ether oxygens (including phenoxy) is 1. The van der Waals surface area contributed by atoms with Gasteiger partial charge in [0.05, 0.1) is 19.1 Å². The number of ketones is 1. The molecule has 2 rings (SSSR count). The molecule has 22 heavy (non-hydrogen) atoms. The minimum absolute atomic E-state index is 0.0474. The zero-order valence-electron chi connectivity index (χ0n) is 12.5. The van der Waals surface area contributed by atoms with Gasteiger partial charge in [-0.3, -0.25) is 19.3 Å². The zero-order chi connectivity index (χ0) is 16.1. The Morgan fingerprint density at radius 2 is 1.86 bits per heavy atom. The van der Waals surface area contributed by atoms with Crippen LogP contribution in [-0.4, -0.2) is 36.2 Å². The van der Waals surface area contributed by atoms with Gasteiger partial charge in [-0.2, -0.15) is 0 Å². The Morgan fingerprint density at radius 1 is 1.18 bits per heavy atom. The molecule has 0 bridgehead atoms. The molecular formula is C17H17NO4. The lowest BCUT2D eigenvalue weighted by Crippen LogP contribution is -2.44. The topological polar surface area (TPSA) is 63.7 Å². The van der Waals surface area contributed by atoms with Crippen LogP contribution in [0, 0.1) is 0 Å². The first-order valence-electron chi connectivity index (χ1n) is 6.97. The minimum atomic E-state index is -0.525. The number of methoxy groups -OCH3 is 1. The van der Waals surface area contributed by atoms with Gasteiger partial charge < -0.3 is 4.74 Å². The molecule has 0 saturated carbocycles. The lowest BCUT2D eigenvalue weighted by Gasteiger charge is -2.24. The van der Waals surface area contributed by atoms with Gasteiger partial charge in [-0.05, 0) is 30.7 Å². The third-order valence-electron chi connectivity index (χ3n) is 3.37. The number of likely N-dealkylation sites (N-methyl/N-ethyl adjacent to an activating group) is 1. The second-order valence-electron chi connectivity index (χ2n) is 4.76. The van der Waals surface area contributed by atoms with Crippen LogP contribution in [0.25, 0.3) is 6.08 Å². The maximum Gasteiger partial charge on any atom is 0.264 e. The standard InChI is InChI=1S/C17H17NO4/c1-3-18-16(20)11-15(19)14(17(18)21)6-4-5-12-7-9-13(22-2)10-8-12/h4-10H,3,11H2,1-2H3/b5-4+,14-6+. The molecule has 1 aromatic rings. The van der Waals surface area contributed by atoms with Gasteiger partial charge >= 0.3 is 0 Å². The first-order chi connectivity index (χ1) is 10.6. The van der Waals surface area contributed by atoms with Gasteiger partial charge in [0, 0.05) is 6.54 Å². The van der Waals surface area contributed by atoms with Crippen LogP contribution in [0.3, 0.4) is 0 Å². The Labute approximate surface area is 128 Å². The Morgan fingerprint density at radius 3 is 2.45 bits per heavy atom. The quantitative estimate of drug-likeness (QED) is 0.369. The summed E-state index contributed by atoms with van der Waals surface area (Å²) in [6.45, 7) is 1.97. The summed E-state index contributed by atoms with van der Waals surface area (Å²) < 4.78 is 5.07. The van der Waals surface area contributed by atoms with Gasteiger partial charge in [0.2, 0.25) is 5.91 Å². The number of hydrogen-bond donors (Lipinski definition) is 0. The van der Waals surface area contributed by atoms with Crippen molar-refractivity contribution in [2.24, 2.45) is 0 Å². The second kappa shape index (κ2) is 6.85. The Hall–Kier alpha value is -2.69. The van der Waals surface area contributed by atoms with Crippen molar-refractivity contribution in [3.63, 3.8) is 0 Å². The third-order valence-corrected chi connectivity index (χ3v) is 3.37. The molecule has 1 fully saturated rings. The summed E-state index contributed by atoms with van der Waals surface area (Å²) in [5.74, 6) is -0.638. The van der Waals surface area contributed by atoms with Crippen molar-refractivity contribution < 1.29 is 19.1 Å². The van der Waals surface area contributed by atoms with Crippen molar-refractivity contribution in [3.05, 3.63) is 47.6 Å². The van der Waals surface area contributed by atoms with Gasteiger partial charge in [-0.15, -0.1) is 0 Å². The van der Waals surface area contributed by atoms with E-state index in [1.807, 2.05) is 24.3 Å². The lowest BCUT2D eigenvalue weighted by atomic mass is 10.0. The fraction of sp³-hybridized carbons (Fsp3) is 0.235. The molecular weight excluding hydrogens is 282 g/mol. The van der Waals surface area contributed by atoms with Crippen molar-refractivity contribution in [3.8, 4) is 5.75 Å². The molecule has 1 heterocycles. The summed E-state index contributed by atoms with van der Waals surface area (Å²) in [6.07, 6.45) is 4.63. The molecule has 5 heteroatoms. The molecule has 0 aromatic heterocycles. The van der Waals surface area contributed by atoms with E-state index in [1.165, 1.54) is 6.08 Å². The van der Waals surface area contributed by atoms with Crippen molar-refractivity contribution in [1.82, 2.24) is 4.90 Å². The van der Waals surface area contributed by atoms with Gasteiger partial charge in [0.1, 0.15) is 5.75 Å². The molecule has 0 N–H and O–H groups in total. The van der Waals surface area contributed by atoms with Crippen LogP contribution in [0.4, 0.5) is 0 Å². The predicted molar refractivity (Wildman–Crippen MR) is 82.1 cm³/mol. The molecule has 0 unspecified atom stereocenters. The van der Waals surface area contributed by atoms with E-state index in [0.717, 1.165) is 16.2 Å². The molecule has 1 aliphatic rings. The average Bonchev–Trinajstić information content (AvgIpc) is 2.51. The molecule has 5 nitrogen and oxygen atoms in total. The molecule has 0 atom stereocenters. The van der Waals surface area contributed by atoms with Crippen LogP contribution in [-0.2, 0) is 14.4 Å². The van der Waals surface area contributed by atoms with Crippen LogP contribution in [0.15, 0.2) is 42.0 Å².